The van der Waals surface area contributed by atoms with E-state index >= 15 is 0 Å². The molecule has 0 atom stereocenters. The van der Waals surface area contributed by atoms with Gasteiger partial charge in [-0.25, -0.2) is 4.39 Å². The number of hydrogen-bond donors (Lipinski definition) is 1. The lowest BCUT2D eigenvalue weighted by Gasteiger charge is -2.26. The van der Waals surface area contributed by atoms with Gasteiger partial charge in [0.1, 0.15) is 5.82 Å². The van der Waals surface area contributed by atoms with Crippen LogP contribution in [0.1, 0.15) is 5.56 Å². The molecule has 2 rings (SSSR count). The van der Waals surface area contributed by atoms with E-state index in [-0.39, 0.29) is 11.5 Å². The lowest BCUT2D eigenvalue weighted by Crippen LogP contribution is -2.37. The van der Waals surface area contributed by atoms with Gasteiger partial charge in [-0.15, -0.1) is 0 Å². The van der Waals surface area contributed by atoms with E-state index < -0.39 is 10.8 Å². The van der Waals surface area contributed by atoms with Crippen LogP contribution in [-0.4, -0.2) is 33.7 Å². The van der Waals surface area contributed by atoms with E-state index in [0.717, 1.165) is 30.2 Å². The largest absolute Gasteiger partial charge is 0.396 e. The van der Waals surface area contributed by atoms with Crippen molar-refractivity contribution in [3.8, 4) is 0 Å². The van der Waals surface area contributed by atoms with Crippen LogP contribution >= 0.6 is 0 Å². The second-order valence-electron chi connectivity index (χ2n) is 3.98. The lowest BCUT2D eigenvalue weighted by molar-refractivity contribution is 0.291. The van der Waals surface area contributed by atoms with Gasteiger partial charge in [0.05, 0.1) is 5.69 Å². The number of rotatable bonds is 2. The van der Waals surface area contributed by atoms with Crippen LogP contribution in [0.5, 0.6) is 0 Å². The van der Waals surface area contributed by atoms with Crippen molar-refractivity contribution in [1.29, 1.82) is 0 Å². The van der Waals surface area contributed by atoms with Crippen molar-refractivity contribution in [2.75, 3.05) is 30.3 Å². The van der Waals surface area contributed by atoms with Crippen LogP contribution in [0.2, 0.25) is 0 Å². The molecule has 0 bridgehead atoms. The minimum absolute atomic E-state index is 0.184. The van der Waals surface area contributed by atoms with Gasteiger partial charge in [-0.05, 0) is 17.7 Å². The first kappa shape index (κ1) is 11.5. The van der Waals surface area contributed by atoms with Crippen molar-refractivity contribution in [1.82, 2.24) is 4.90 Å². The Bertz CT molecular complexity index is 401. The molecule has 88 valence electrons. The summed E-state index contributed by atoms with van der Waals surface area (Å²) in [6.07, 6.45) is 0. The molecule has 1 saturated heterocycles. The Morgan fingerprint density at radius 3 is 2.69 bits per heavy atom. The molecule has 0 aliphatic carbocycles. The van der Waals surface area contributed by atoms with Crippen molar-refractivity contribution < 1.29 is 8.60 Å². The summed E-state index contributed by atoms with van der Waals surface area (Å²) < 4.78 is 24.4. The average molecular weight is 242 g/mol. The highest BCUT2D eigenvalue weighted by molar-refractivity contribution is 7.85. The SMILES string of the molecule is Nc1ccc(CN2CCS(=O)CC2)cc1F. The first-order valence-electron chi connectivity index (χ1n) is 5.26. The van der Waals surface area contributed by atoms with Crippen LogP contribution in [0.4, 0.5) is 10.1 Å². The quantitative estimate of drug-likeness (QED) is 0.786. The Labute approximate surface area is 96.9 Å². The molecule has 5 heteroatoms. The molecule has 0 radical (unpaired) electrons. The molecule has 1 aromatic rings. The zero-order chi connectivity index (χ0) is 11.5. The van der Waals surface area contributed by atoms with Gasteiger partial charge in [0, 0.05) is 41.9 Å². The Hall–Kier alpha value is -0.940. The maximum Gasteiger partial charge on any atom is 0.146 e. The molecule has 0 amide bonds. The van der Waals surface area contributed by atoms with E-state index in [1.54, 1.807) is 6.07 Å². The number of nitrogens with two attached hydrogens (primary N) is 1. The van der Waals surface area contributed by atoms with Gasteiger partial charge in [-0.2, -0.15) is 0 Å². The summed E-state index contributed by atoms with van der Waals surface area (Å²) >= 11 is 0. The fraction of sp³-hybridized carbons (Fsp3) is 0.455. The summed E-state index contributed by atoms with van der Waals surface area (Å²) in [6, 6.07) is 4.90. The standard InChI is InChI=1S/C11H15FN2OS/c12-10-7-9(1-2-11(10)13)8-14-3-5-16(15)6-4-14/h1-2,7H,3-6,8,13H2. The molecule has 0 saturated carbocycles. The second-order valence-corrected chi connectivity index (χ2v) is 5.68. The average Bonchev–Trinajstić information content (AvgIpc) is 2.27. The second kappa shape index (κ2) is 4.93. The maximum atomic E-state index is 13.2. The number of nitrogens with zero attached hydrogens (tertiary/aromatic N) is 1. The smallest absolute Gasteiger partial charge is 0.146 e. The third-order valence-corrected chi connectivity index (χ3v) is 4.02. The highest BCUT2D eigenvalue weighted by atomic mass is 32.2. The van der Waals surface area contributed by atoms with Crippen LogP contribution in [0, 0.1) is 5.82 Å². The molecule has 1 aliphatic heterocycles. The van der Waals surface area contributed by atoms with Gasteiger partial charge in [0.15, 0.2) is 0 Å². The summed E-state index contributed by atoms with van der Waals surface area (Å²) in [7, 11) is -0.663. The molecule has 1 aliphatic rings. The molecule has 0 aromatic heterocycles. The molecule has 1 fully saturated rings. The van der Waals surface area contributed by atoms with Gasteiger partial charge in [-0.3, -0.25) is 9.11 Å². The van der Waals surface area contributed by atoms with Gasteiger partial charge >= 0.3 is 0 Å². The van der Waals surface area contributed by atoms with Crippen molar-refractivity contribution in [2.24, 2.45) is 0 Å². The summed E-state index contributed by atoms with van der Waals surface area (Å²) in [5.41, 5.74) is 6.51. The molecule has 3 nitrogen and oxygen atoms in total. The van der Waals surface area contributed by atoms with E-state index in [1.807, 2.05) is 6.07 Å². The summed E-state index contributed by atoms with van der Waals surface area (Å²) in [6.45, 7) is 2.34. The van der Waals surface area contributed by atoms with E-state index in [2.05, 4.69) is 4.90 Å². The summed E-state index contributed by atoms with van der Waals surface area (Å²) in [5, 5.41) is 0. The molecular formula is C11H15FN2OS. The van der Waals surface area contributed by atoms with Crippen molar-refractivity contribution in [3.63, 3.8) is 0 Å². The molecule has 0 unspecified atom stereocenters. The van der Waals surface area contributed by atoms with Crippen molar-refractivity contribution in [3.05, 3.63) is 29.6 Å². The highest BCUT2D eigenvalue weighted by Crippen LogP contribution is 2.14. The van der Waals surface area contributed by atoms with Crippen LogP contribution in [0.15, 0.2) is 18.2 Å². The zero-order valence-electron chi connectivity index (χ0n) is 8.99. The van der Waals surface area contributed by atoms with Crippen LogP contribution in [-0.2, 0) is 17.3 Å². The summed E-state index contributed by atoms with van der Waals surface area (Å²) in [5.74, 6) is 1.08. The van der Waals surface area contributed by atoms with E-state index in [0.29, 0.717) is 6.54 Å². The Kier molecular flexibility index (Phi) is 3.56. The zero-order valence-corrected chi connectivity index (χ0v) is 9.80. The third-order valence-electron chi connectivity index (χ3n) is 2.74. The summed E-state index contributed by atoms with van der Waals surface area (Å²) in [4.78, 5) is 2.19. The number of nitrogen functional groups attached to an aromatic ring is 1. The first-order chi connectivity index (χ1) is 7.65. The van der Waals surface area contributed by atoms with Crippen molar-refractivity contribution >= 4 is 16.5 Å². The number of halogens is 1. The van der Waals surface area contributed by atoms with E-state index in [1.165, 1.54) is 6.07 Å². The third kappa shape index (κ3) is 2.80. The minimum atomic E-state index is -0.663. The van der Waals surface area contributed by atoms with Gasteiger partial charge in [0.25, 0.3) is 0 Å². The van der Waals surface area contributed by atoms with Crippen LogP contribution in [0.3, 0.4) is 0 Å². The molecule has 1 aromatic carbocycles. The Morgan fingerprint density at radius 2 is 2.06 bits per heavy atom. The number of benzene rings is 1. The number of anilines is 1. The topological polar surface area (TPSA) is 46.3 Å². The molecular weight excluding hydrogens is 227 g/mol. The van der Waals surface area contributed by atoms with Crippen LogP contribution < -0.4 is 5.73 Å². The molecule has 1 heterocycles. The highest BCUT2D eigenvalue weighted by Gasteiger charge is 2.15. The maximum absolute atomic E-state index is 13.2. The molecule has 16 heavy (non-hydrogen) atoms. The molecule has 0 spiro atoms. The normalized spacial score (nSPS) is 18.8. The monoisotopic (exact) mass is 242 g/mol. The Balaban J connectivity index is 1.98. The van der Waals surface area contributed by atoms with Crippen molar-refractivity contribution in [2.45, 2.75) is 6.54 Å². The predicted molar refractivity (Wildman–Crippen MR) is 64.0 cm³/mol. The van der Waals surface area contributed by atoms with Gasteiger partial charge in [0.2, 0.25) is 0 Å². The van der Waals surface area contributed by atoms with Gasteiger partial charge in [-0.1, -0.05) is 6.07 Å². The van der Waals surface area contributed by atoms with Gasteiger partial charge < -0.3 is 5.73 Å². The van der Waals surface area contributed by atoms with E-state index in [9.17, 15) is 8.60 Å². The predicted octanol–water partition coefficient (Wildman–Crippen LogP) is 0.972. The lowest BCUT2D eigenvalue weighted by atomic mass is 10.2. The first-order valence-corrected chi connectivity index (χ1v) is 6.75. The molecule has 2 N–H and O–H groups in total. The fourth-order valence-electron chi connectivity index (χ4n) is 1.76. The fourth-order valence-corrected chi connectivity index (χ4v) is 2.89. The van der Waals surface area contributed by atoms with E-state index in [4.69, 9.17) is 5.73 Å². The minimum Gasteiger partial charge on any atom is -0.396 e. The Morgan fingerprint density at radius 1 is 1.38 bits per heavy atom. The number of hydrogen-bond acceptors (Lipinski definition) is 3. The van der Waals surface area contributed by atoms with Crippen LogP contribution in [0.25, 0.3) is 0 Å².